The summed E-state index contributed by atoms with van der Waals surface area (Å²) in [5.74, 6) is -0.701. The quantitative estimate of drug-likeness (QED) is 0.773. The number of carbonyl (C=O) groups excluding carboxylic acids is 2. The van der Waals surface area contributed by atoms with Crippen LogP contribution in [0.4, 0.5) is 0 Å². The first-order valence-electron chi connectivity index (χ1n) is 5.72. The van der Waals surface area contributed by atoms with E-state index in [2.05, 4.69) is 0 Å². The van der Waals surface area contributed by atoms with Crippen molar-refractivity contribution in [2.45, 2.75) is 20.0 Å². The maximum Gasteiger partial charge on any atom is 0.304 e. The lowest BCUT2D eigenvalue weighted by molar-refractivity contribution is -0.144. The van der Waals surface area contributed by atoms with Crippen LogP contribution in [0.1, 0.15) is 30.3 Å². The summed E-state index contributed by atoms with van der Waals surface area (Å²) in [5.41, 5.74) is 1.21. The number of carbonyl (C=O) groups is 2. The lowest BCUT2D eigenvalue weighted by Crippen LogP contribution is -2.07. The molecule has 1 heterocycles. The normalized spacial score (nSPS) is 11.8. The number of rotatable bonds is 2. The molecule has 96 valence electrons. The molecule has 0 fully saturated rings. The number of ether oxygens (including phenoxy) is 1. The highest BCUT2D eigenvalue weighted by Gasteiger charge is 2.20. The average molecular weight is 256 g/mol. The molecule has 5 nitrogen and oxygen atoms in total. The lowest BCUT2D eigenvalue weighted by Gasteiger charge is -2.07. The van der Waals surface area contributed by atoms with E-state index in [4.69, 9.17) is 10.00 Å². The summed E-state index contributed by atoms with van der Waals surface area (Å²) in [6.45, 7) is 2.68. The zero-order chi connectivity index (χ0) is 14.0. The Balaban J connectivity index is 2.63. The van der Waals surface area contributed by atoms with Crippen molar-refractivity contribution in [1.29, 1.82) is 5.26 Å². The van der Waals surface area contributed by atoms with Crippen molar-refractivity contribution in [1.82, 2.24) is 4.57 Å². The molecular weight excluding hydrogens is 244 g/mol. The third-order valence-corrected chi connectivity index (χ3v) is 2.77. The second-order valence-corrected chi connectivity index (χ2v) is 4.11. The zero-order valence-electron chi connectivity index (χ0n) is 10.6. The lowest BCUT2D eigenvalue weighted by atomic mass is 10.1. The molecule has 0 saturated heterocycles. The molecule has 0 spiro atoms. The van der Waals surface area contributed by atoms with Crippen molar-refractivity contribution in [2.75, 3.05) is 0 Å². The van der Waals surface area contributed by atoms with Crippen LogP contribution < -0.4 is 0 Å². The van der Waals surface area contributed by atoms with E-state index in [0.717, 1.165) is 5.39 Å². The van der Waals surface area contributed by atoms with Crippen molar-refractivity contribution >= 4 is 22.8 Å². The Labute approximate surface area is 110 Å². The SMILES string of the molecule is CC(=O)OC(C#N)c1cn(C(C)=O)c2ccccc12. The molecule has 0 radical (unpaired) electrons. The van der Waals surface area contributed by atoms with E-state index < -0.39 is 12.1 Å². The molecule has 0 aliphatic heterocycles. The molecule has 1 aromatic heterocycles. The molecule has 5 heteroatoms. The van der Waals surface area contributed by atoms with Crippen LogP contribution in [0.5, 0.6) is 0 Å². The highest BCUT2D eigenvalue weighted by atomic mass is 16.5. The Kier molecular flexibility index (Phi) is 3.34. The van der Waals surface area contributed by atoms with Gasteiger partial charge in [-0.05, 0) is 6.07 Å². The first-order valence-corrected chi connectivity index (χ1v) is 5.72. The van der Waals surface area contributed by atoms with Gasteiger partial charge in [0, 0.05) is 31.0 Å². The highest BCUT2D eigenvalue weighted by Crippen LogP contribution is 2.28. The molecule has 0 amide bonds. The Morgan fingerprint density at radius 2 is 2.00 bits per heavy atom. The summed E-state index contributed by atoms with van der Waals surface area (Å²) in [6, 6.07) is 9.10. The van der Waals surface area contributed by atoms with E-state index in [9.17, 15) is 9.59 Å². The molecule has 1 atom stereocenters. The number of aromatic nitrogens is 1. The number of benzene rings is 1. The second kappa shape index (κ2) is 4.94. The van der Waals surface area contributed by atoms with E-state index >= 15 is 0 Å². The first kappa shape index (κ1) is 12.8. The molecule has 1 aromatic carbocycles. The zero-order valence-corrected chi connectivity index (χ0v) is 10.6. The summed E-state index contributed by atoms with van der Waals surface area (Å²) in [6.07, 6.45) is 0.534. The molecule has 1 unspecified atom stereocenters. The number of esters is 1. The fourth-order valence-corrected chi connectivity index (χ4v) is 2.00. The second-order valence-electron chi connectivity index (χ2n) is 4.11. The van der Waals surface area contributed by atoms with Crippen molar-refractivity contribution in [3.05, 3.63) is 36.0 Å². The molecule has 0 saturated carbocycles. The Morgan fingerprint density at radius 1 is 1.32 bits per heavy atom. The average Bonchev–Trinajstić information content (AvgIpc) is 2.75. The van der Waals surface area contributed by atoms with Crippen molar-refractivity contribution in [3.8, 4) is 6.07 Å². The van der Waals surface area contributed by atoms with Crippen LogP contribution in [-0.4, -0.2) is 16.4 Å². The van der Waals surface area contributed by atoms with Gasteiger partial charge < -0.3 is 4.74 Å². The van der Waals surface area contributed by atoms with E-state index in [1.807, 2.05) is 6.07 Å². The maximum atomic E-state index is 11.6. The van der Waals surface area contributed by atoms with Gasteiger partial charge in [-0.25, -0.2) is 0 Å². The fraction of sp³-hybridized carbons (Fsp3) is 0.214. The summed E-state index contributed by atoms with van der Waals surface area (Å²) >= 11 is 0. The van der Waals surface area contributed by atoms with E-state index in [0.29, 0.717) is 11.1 Å². The van der Waals surface area contributed by atoms with Crippen LogP contribution in [0, 0.1) is 11.3 Å². The van der Waals surface area contributed by atoms with Gasteiger partial charge in [0.2, 0.25) is 12.0 Å². The van der Waals surface area contributed by atoms with Crippen molar-refractivity contribution in [3.63, 3.8) is 0 Å². The van der Waals surface area contributed by atoms with Crippen molar-refractivity contribution < 1.29 is 14.3 Å². The number of nitriles is 1. The van der Waals surface area contributed by atoms with Gasteiger partial charge in [-0.1, -0.05) is 18.2 Å². The fourth-order valence-electron chi connectivity index (χ4n) is 2.00. The largest absolute Gasteiger partial charge is 0.442 e. The van der Waals surface area contributed by atoms with Crippen LogP contribution in [0.25, 0.3) is 10.9 Å². The van der Waals surface area contributed by atoms with Crippen LogP contribution >= 0.6 is 0 Å². The molecular formula is C14H12N2O3. The predicted molar refractivity (Wildman–Crippen MR) is 68.4 cm³/mol. The third kappa shape index (κ3) is 2.33. The van der Waals surface area contributed by atoms with Gasteiger partial charge in [0.15, 0.2) is 0 Å². The van der Waals surface area contributed by atoms with Gasteiger partial charge >= 0.3 is 5.97 Å². The number of fused-ring (bicyclic) bond motifs is 1. The minimum absolute atomic E-state index is 0.165. The summed E-state index contributed by atoms with van der Waals surface area (Å²) < 4.78 is 6.41. The minimum atomic E-state index is -1.01. The van der Waals surface area contributed by atoms with Crippen LogP contribution in [0.2, 0.25) is 0 Å². The van der Waals surface area contributed by atoms with E-state index in [-0.39, 0.29) is 5.91 Å². The molecule has 0 bridgehead atoms. The number of para-hydroxylation sites is 1. The van der Waals surface area contributed by atoms with Gasteiger partial charge in [0.05, 0.1) is 5.52 Å². The molecule has 0 aliphatic rings. The van der Waals surface area contributed by atoms with Crippen LogP contribution in [0.3, 0.4) is 0 Å². The smallest absolute Gasteiger partial charge is 0.304 e. The molecule has 0 aliphatic carbocycles. The Morgan fingerprint density at radius 3 is 2.58 bits per heavy atom. The van der Waals surface area contributed by atoms with E-state index in [1.54, 1.807) is 30.5 Å². The molecule has 0 N–H and O–H groups in total. The first-order chi connectivity index (χ1) is 9.04. The standard InChI is InChI=1S/C14H12N2O3/c1-9(17)16-8-12(14(7-15)19-10(2)18)11-5-3-4-6-13(11)16/h3-6,8,14H,1-2H3. The van der Waals surface area contributed by atoms with Gasteiger partial charge in [0.1, 0.15) is 6.07 Å². The maximum absolute atomic E-state index is 11.6. The number of hydrogen-bond donors (Lipinski definition) is 0. The van der Waals surface area contributed by atoms with E-state index in [1.165, 1.54) is 18.4 Å². The molecule has 2 rings (SSSR count). The molecule has 19 heavy (non-hydrogen) atoms. The number of hydrogen-bond acceptors (Lipinski definition) is 4. The highest BCUT2D eigenvalue weighted by molar-refractivity contribution is 5.94. The Bertz CT molecular complexity index is 694. The predicted octanol–water partition coefficient (Wildman–Crippen LogP) is 2.43. The minimum Gasteiger partial charge on any atom is -0.442 e. The monoisotopic (exact) mass is 256 g/mol. The molecule has 2 aromatic rings. The summed E-state index contributed by atoms with van der Waals surface area (Å²) in [5, 5.41) is 9.84. The van der Waals surface area contributed by atoms with Crippen LogP contribution in [0.15, 0.2) is 30.5 Å². The van der Waals surface area contributed by atoms with Gasteiger partial charge in [-0.3, -0.25) is 14.2 Å². The van der Waals surface area contributed by atoms with Gasteiger partial charge in [0.25, 0.3) is 0 Å². The van der Waals surface area contributed by atoms with Crippen LogP contribution in [-0.2, 0) is 9.53 Å². The third-order valence-electron chi connectivity index (χ3n) is 2.77. The Hall–Kier alpha value is -2.61. The summed E-state index contributed by atoms with van der Waals surface area (Å²) in [7, 11) is 0. The van der Waals surface area contributed by atoms with Crippen molar-refractivity contribution in [2.24, 2.45) is 0 Å². The van der Waals surface area contributed by atoms with Gasteiger partial charge in [-0.2, -0.15) is 5.26 Å². The number of nitrogens with zero attached hydrogens (tertiary/aromatic N) is 2. The van der Waals surface area contributed by atoms with Gasteiger partial charge in [-0.15, -0.1) is 0 Å². The topological polar surface area (TPSA) is 72.1 Å². The summed E-state index contributed by atoms with van der Waals surface area (Å²) in [4.78, 5) is 22.6.